The number of nitrogens with one attached hydrogen (secondary N) is 3. The zero-order chi connectivity index (χ0) is 13.8. The van der Waals surface area contributed by atoms with E-state index in [9.17, 15) is 9.59 Å². The van der Waals surface area contributed by atoms with Gasteiger partial charge in [-0.2, -0.15) is 0 Å². The lowest BCUT2D eigenvalue weighted by Gasteiger charge is -2.07. The number of hydrogen-bond acceptors (Lipinski definition) is 2. The largest absolute Gasteiger partial charge is 0.357 e. The normalized spacial score (nSPS) is 10.0. The quantitative estimate of drug-likeness (QED) is 0.745. The van der Waals surface area contributed by atoms with Gasteiger partial charge in [0, 0.05) is 11.2 Å². The standard InChI is InChI=1S/C12H9Cl2N3O2/c13-7-3-4-8(9(14)6-7)11(18)16-17-12(19)10-2-1-5-15-10/h1-6,15H,(H,16,18)(H,17,19). The maximum absolute atomic E-state index is 11.8. The number of hydrogen-bond donors (Lipinski definition) is 3. The molecule has 3 N–H and O–H groups in total. The van der Waals surface area contributed by atoms with E-state index in [0.717, 1.165) is 0 Å². The summed E-state index contributed by atoms with van der Waals surface area (Å²) >= 11 is 11.6. The van der Waals surface area contributed by atoms with Gasteiger partial charge in [0.25, 0.3) is 11.8 Å². The Balaban J connectivity index is 2.00. The maximum Gasteiger partial charge on any atom is 0.286 e. The molecule has 1 heterocycles. The molecule has 7 heteroatoms. The third kappa shape index (κ3) is 3.27. The number of carbonyl (C=O) groups is 2. The Morgan fingerprint density at radius 1 is 1.05 bits per heavy atom. The van der Waals surface area contributed by atoms with Gasteiger partial charge in [-0.05, 0) is 30.3 Å². The predicted molar refractivity (Wildman–Crippen MR) is 72.2 cm³/mol. The SMILES string of the molecule is O=C(NNC(=O)c1ccc(Cl)cc1Cl)c1ccc[nH]1. The second-order valence-corrected chi connectivity index (χ2v) is 4.46. The molecule has 0 atom stereocenters. The van der Waals surface area contributed by atoms with Crippen LogP contribution in [-0.4, -0.2) is 16.8 Å². The third-order valence-electron chi connectivity index (χ3n) is 2.31. The summed E-state index contributed by atoms with van der Waals surface area (Å²) in [6.07, 6.45) is 1.60. The second-order valence-electron chi connectivity index (χ2n) is 3.62. The summed E-state index contributed by atoms with van der Waals surface area (Å²) < 4.78 is 0. The van der Waals surface area contributed by atoms with Gasteiger partial charge in [-0.1, -0.05) is 23.2 Å². The molecule has 0 saturated heterocycles. The van der Waals surface area contributed by atoms with E-state index in [1.165, 1.54) is 18.2 Å². The Hall–Kier alpha value is -1.98. The van der Waals surface area contributed by atoms with Crippen molar-refractivity contribution in [1.29, 1.82) is 0 Å². The van der Waals surface area contributed by atoms with Gasteiger partial charge in [-0.25, -0.2) is 0 Å². The van der Waals surface area contributed by atoms with Gasteiger partial charge in [-0.3, -0.25) is 20.4 Å². The van der Waals surface area contributed by atoms with Gasteiger partial charge in [0.05, 0.1) is 10.6 Å². The first-order valence-electron chi connectivity index (χ1n) is 5.27. The van der Waals surface area contributed by atoms with E-state index >= 15 is 0 Å². The molecule has 0 bridgehead atoms. The van der Waals surface area contributed by atoms with Crippen molar-refractivity contribution in [1.82, 2.24) is 15.8 Å². The van der Waals surface area contributed by atoms with Crippen LogP contribution in [-0.2, 0) is 0 Å². The van der Waals surface area contributed by atoms with Gasteiger partial charge in [0.1, 0.15) is 5.69 Å². The highest BCUT2D eigenvalue weighted by molar-refractivity contribution is 6.36. The number of halogens is 2. The first kappa shape index (κ1) is 13.5. The number of amides is 2. The van der Waals surface area contributed by atoms with E-state index in [-0.39, 0.29) is 10.6 Å². The molecular weight excluding hydrogens is 289 g/mol. The number of carbonyl (C=O) groups excluding carboxylic acids is 2. The topological polar surface area (TPSA) is 74.0 Å². The minimum Gasteiger partial charge on any atom is -0.357 e. The molecule has 0 saturated carbocycles. The van der Waals surface area contributed by atoms with Crippen molar-refractivity contribution < 1.29 is 9.59 Å². The summed E-state index contributed by atoms with van der Waals surface area (Å²) in [6.45, 7) is 0. The summed E-state index contributed by atoms with van der Waals surface area (Å²) in [5.74, 6) is -0.981. The molecule has 98 valence electrons. The highest BCUT2D eigenvalue weighted by atomic mass is 35.5. The van der Waals surface area contributed by atoms with Crippen LogP contribution >= 0.6 is 23.2 Å². The van der Waals surface area contributed by atoms with E-state index in [1.807, 2.05) is 0 Å². The molecule has 2 aromatic rings. The summed E-state index contributed by atoms with van der Waals surface area (Å²) in [5, 5.41) is 0.635. The number of hydrazine groups is 1. The molecule has 1 aromatic heterocycles. The number of aromatic amines is 1. The van der Waals surface area contributed by atoms with Crippen molar-refractivity contribution >= 4 is 35.0 Å². The molecule has 0 fully saturated rings. The number of H-pyrrole nitrogens is 1. The first-order valence-corrected chi connectivity index (χ1v) is 6.02. The van der Waals surface area contributed by atoms with Gasteiger partial charge in [0.2, 0.25) is 0 Å². The van der Waals surface area contributed by atoms with Crippen LogP contribution in [0.4, 0.5) is 0 Å². The van der Waals surface area contributed by atoms with Crippen molar-refractivity contribution in [3.63, 3.8) is 0 Å². The minimum atomic E-state index is -0.526. The molecule has 2 amide bonds. The van der Waals surface area contributed by atoms with Crippen LogP contribution in [0.1, 0.15) is 20.8 Å². The third-order valence-corrected chi connectivity index (χ3v) is 2.86. The second kappa shape index (κ2) is 5.77. The number of aromatic nitrogens is 1. The van der Waals surface area contributed by atoms with E-state index < -0.39 is 11.8 Å². The number of rotatable bonds is 2. The Kier molecular flexibility index (Phi) is 4.09. The molecule has 2 rings (SSSR count). The van der Waals surface area contributed by atoms with Crippen LogP contribution in [0.25, 0.3) is 0 Å². The number of benzene rings is 1. The maximum atomic E-state index is 11.8. The summed E-state index contributed by atoms with van der Waals surface area (Å²) in [6, 6.07) is 7.71. The molecule has 5 nitrogen and oxygen atoms in total. The molecule has 0 spiro atoms. The molecule has 0 aliphatic carbocycles. The first-order chi connectivity index (χ1) is 9.08. The molecule has 0 aliphatic heterocycles. The molecule has 19 heavy (non-hydrogen) atoms. The predicted octanol–water partition coefficient (Wildman–Crippen LogP) is 2.40. The van der Waals surface area contributed by atoms with Crippen LogP contribution in [0.15, 0.2) is 36.5 Å². The van der Waals surface area contributed by atoms with Crippen molar-refractivity contribution in [2.75, 3.05) is 0 Å². The summed E-state index contributed by atoms with van der Waals surface area (Å²) in [7, 11) is 0. The highest BCUT2D eigenvalue weighted by Gasteiger charge is 2.12. The Labute approximate surface area is 118 Å². The van der Waals surface area contributed by atoms with Gasteiger partial charge < -0.3 is 4.98 Å². The lowest BCUT2D eigenvalue weighted by Crippen LogP contribution is -2.41. The van der Waals surface area contributed by atoms with E-state index in [4.69, 9.17) is 23.2 Å². The fourth-order valence-electron chi connectivity index (χ4n) is 1.39. The van der Waals surface area contributed by atoms with Crippen LogP contribution < -0.4 is 10.9 Å². The van der Waals surface area contributed by atoms with E-state index in [1.54, 1.807) is 18.3 Å². The van der Waals surface area contributed by atoms with E-state index in [0.29, 0.717) is 10.7 Å². The van der Waals surface area contributed by atoms with Crippen molar-refractivity contribution in [3.05, 3.63) is 57.8 Å². The highest BCUT2D eigenvalue weighted by Crippen LogP contribution is 2.20. The fraction of sp³-hybridized carbons (Fsp3) is 0. The smallest absolute Gasteiger partial charge is 0.286 e. The van der Waals surface area contributed by atoms with Crippen molar-refractivity contribution in [2.24, 2.45) is 0 Å². The van der Waals surface area contributed by atoms with Crippen LogP contribution in [0.3, 0.4) is 0 Å². The van der Waals surface area contributed by atoms with E-state index in [2.05, 4.69) is 15.8 Å². The molecular formula is C12H9Cl2N3O2. The van der Waals surface area contributed by atoms with Crippen LogP contribution in [0.2, 0.25) is 10.0 Å². The zero-order valence-electron chi connectivity index (χ0n) is 9.54. The zero-order valence-corrected chi connectivity index (χ0v) is 11.0. The van der Waals surface area contributed by atoms with Crippen LogP contribution in [0, 0.1) is 0 Å². The fourth-order valence-corrected chi connectivity index (χ4v) is 1.89. The van der Waals surface area contributed by atoms with Crippen molar-refractivity contribution in [2.45, 2.75) is 0 Å². The molecule has 0 unspecified atom stereocenters. The lowest BCUT2D eigenvalue weighted by atomic mass is 10.2. The average Bonchev–Trinajstić information content (AvgIpc) is 2.89. The Morgan fingerprint density at radius 2 is 1.79 bits per heavy atom. The molecule has 0 aliphatic rings. The van der Waals surface area contributed by atoms with Crippen molar-refractivity contribution in [3.8, 4) is 0 Å². The van der Waals surface area contributed by atoms with Gasteiger partial charge in [-0.15, -0.1) is 0 Å². The van der Waals surface area contributed by atoms with Gasteiger partial charge >= 0.3 is 0 Å². The molecule has 0 radical (unpaired) electrons. The summed E-state index contributed by atoms with van der Waals surface area (Å²) in [5.41, 5.74) is 5.08. The Bertz CT molecular complexity index is 611. The van der Waals surface area contributed by atoms with Crippen LogP contribution in [0.5, 0.6) is 0 Å². The van der Waals surface area contributed by atoms with Gasteiger partial charge in [0.15, 0.2) is 0 Å². The minimum absolute atomic E-state index is 0.208. The lowest BCUT2D eigenvalue weighted by molar-refractivity contribution is 0.0844. The Morgan fingerprint density at radius 3 is 2.42 bits per heavy atom. The molecule has 1 aromatic carbocycles. The average molecular weight is 298 g/mol. The summed E-state index contributed by atoms with van der Waals surface area (Å²) in [4.78, 5) is 26.1. The monoisotopic (exact) mass is 297 g/mol.